The van der Waals surface area contributed by atoms with Gasteiger partial charge in [0.15, 0.2) is 12.6 Å². The minimum absolute atomic E-state index is 0.0629. The lowest BCUT2D eigenvalue weighted by atomic mass is 9.98. The van der Waals surface area contributed by atoms with Gasteiger partial charge in [0.25, 0.3) is 0 Å². The Labute approximate surface area is 429 Å². The van der Waals surface area contributed by atoms with Crippen molar-refractivity contribution in [2.45, 2.75) is 287 Å². The second-order valence-corrected chi connectivity index (χ2v) is 20.1. The van der Waals surface area contributed by atoms with Gasteiger partial charge in [0, 0.05) is 13.0 Å². The van der Waals surface area contributed by atoms with Crippen molar-refractivity contribution in [3.05, 3.63) is 36.5 Å². The average molecular weight is 1010 g/mol. The summed E-state index contributed by atoms with van der Waals surface area (Å²) in [5, 5.41) is 72.2. The molecule has 2 fully saturated rings. The molecule has 2 saturated heterocycles. The van der Waals surface area contributed by atoms with Gasteiger partial charge in [-0.1, -0.05) is 198 Å². The maximum atomic E-state index is 13.1. The van der Waals surface area contributed by atoms with Crippen LogP contribution in [0, 0.1) is 0 Å². The van der Waals surface area contributed by atoms with Crippen LogP contribution in [0.2, 0.25) is 0 Å². The Morgan fingerprint density at radius 2 is 0.873 bits per heavy atom. The summed E-state index contributed by atoms with van der Waals surface area (Å²) in [6.07, 6.45) is 34.9. The van der Waals surface area contributed by atoms with Gasteiger partial charge < -0.3 is 64.2 Å². The van der Waals surface area contributed by atoms with E-state index in [4.69, 9.17) is 28.4 Å². The number of rotatable bonds is 46. The van der Waals surface area contributed by atoms with Gasteiger partial charge in [0.05, 0.1) is 26.4 Å². The number of aliphatic hydroxyl groups excluding tert-OH is 7. The topological polar surface area (TPSA) is 214 Å². The molecule has 0 spiro atoms. The summed E-state index contributed by atoms with van der Waals surface area (Å²) < 4.78 is 34.3. The molecule has 14 nitrogen and oxygen atoms in total. The molecular weight excluding hydrogens is 909 g/mol. The van der Waals surface area contributed by atoms with Gasteiger partial charge in [0.2, 0.25) is 0 Å². The van der Waals surface area contributed by atoms with Crippen LogP contribution in [-0.4, -0.2) is 142 Å². The van der Waals surface area contributed by atoms with Crippen LogP contribution < -0.4 is 0 Å². The highest BCUT2D eigenvalue weighted by Crippen LogP contribution is 2.27. The maximum Gasteiger partial charge on any atom is 0.306 e. The number of hydrogen-bond acceptors (Lipinski definition) is 14. The Hall–Kier alpha value is -1.79. The standard InChI is InChI=1S/C57H104O14/c1-3-5-7-9-11-13-15-17-18-19-20-21-22-23-24-25-26-27-28-29-30-32-34-36-38-40-49(59)69-46(43-66-41-39-37-35-33-31-16-14-12-10-8-6-4-2)44-67-56-55(65)53(63)51(61)48(71-56)45-68-57-54(64)52(62)50(60)47(42-58)70-57/h15,17,19-20,22-23,46-48,50-58,60-65H,3-14,16,18,21,24-45H2,1-2H3/b17-15-,20-19-,23-22-. The zero-order chi connectivity index (χ0) is 51.6. The normalized spacial score (nSPS) is 25.5. The first-order valence-electron chi connectivity index (χ1n) is 28.6. The lowest BCUT2D eigenvalue weighted by Crippen LogP contribution is -2.61. The molecule has 2 rings (SSSR count). The molecule has 0 aliphatic carbocycles. The highest BCUT2D eigenvalue weighted by Gasteiger charge is 2.47. The zero-order valence-electron chi connectivity index (χ0n) is 44.5. The molecule has 11 atom stereocenters. The average Bonchev–Trinajstić information content (AvgIpc) is 3.37. The van der Waals surface area contributed by atoms with E-state index in [1.807, 2.05) is 0 Å². The largest absolute Gasteiger partial charge is 0.457 e. The zero-order valence-corrected chi connectivity index (χ0v) is 44.5. The Kier molecular flexibility index (Phi) is 40.9. The van der Waals surface area contributed by atoms with Gasteiger partial charge in [-0.25, -0.2) is 0 Å². The van der Waals surface area contributed by atoms with Gasteiger partial charge in [-0.3, -0.25) is 4.79 Å². The Bertz CT molecular complexity index is 1310. The summed E-state index contributed by atoms with van der Waals surface area (Å²) in [4.78, 5) is 13.1. The number of unbranched alkanes of at least 4 members (excludes halogenated alkanes) is 26. The first-order chi connectivity index (χ1) is 34.6. The molecule has 2 aliphatic rings. The Morgan fingerprint density at radius 3 is 1.37 bits per heavy atom. The van der Waals surface area contributed by atoms with Crippen molar-refractivity contribution in [2.24, 2.45) is 0 Å². The van der Waals surface area contributed by atoms with Crippen LogP contribution >= 0.6 is 0 Å². The third kappa shape index (κ3) is 31.6. The van der Waals surface area contributed by atoms with Gasteiger partial charge in [-0.2, -0.15) is 0 Å². The quantitative estimate of drug-likeness (QED) is 0.0172. The van der Waals surface area contributed by atoms with E-state index in [1.54, 1.807) is 0 Å². The predicted molar refractivity (Wildman–Crippen MR) is 280 cm³/mol. The molecule has 71 heavy (non-hydrogen) atoms. The summed E-state index contributed by atoms with van der Waals surface area (Å²) in [6, 6.07) is 0. The van der Waals surface area contributed by atoms with E-state index in [0.717, 1.165) is 57.8 Å². The van der Waals surface area contributed by atoms with Crippen LogP contribution in [0.15, 0.2) is 36.5 Å². The number of hydrogen-bond donors (Lipinski definition) is 7. The number of ether oxygens (including phenoxy) is 6. The second kappa shape index (κ2) is 44.5. The van der Waals surface area contributed by atoms with Crippen LogP contribution in [0.1, 0.15) is 219 Å². The van der Waals surface area contributed by atoms with Crippen LogP contribution in [0.4, 0.5) is 0 Å². The summed E-state index contributed by atoms with van der Waals surface area (Å²) >= 11 is 0. The molecule has 0 aromatic carbocycles. The Balaban J connectivity index is 1.69. The molecule has 0 radical (unpaired) electrons. The predicted octanol–water partition coefficient (Wildman–Crippen LogP) is 9.75. The molecule has 11 unspecified atom stereocenters. The van der Waals surface area contributed by atoms with Crippen molar-refractivity contribution < 1.29 is 69.0 Å². The molecule has 0 aromatic heterocycles. The molecule has 416 valence electrons. The molecule has 0 aromatic rings. The molecular formula is C57H104O14. The van der Waals surface area contributed by atoms with Crippen LogP contribution in [0.5, 0.6) is 0 Å². The molecule has 7 N–H and O–H groups in total. The first kappa shape index (κ1) is 65.3. The second-order valence-electron chi connectivity index (χ2n) is 20.1. The van der Waals surface area contributed by atoms with E-state index in [-0.39, 0.29) is 25.6 Å². The number of carbonyl (C=O) groups is 1. The van der Waals surface area contributed by atoms with Crippen molar-refractivity contribution in [3.8, 4) is 0 Å². The number of aliphatic hydroxyl groups is 7. The SMILES string of the molecule is CCCCCCC/C=C\C/C=C\C/C=C\CCCCCCCCCCCCC(=O)OC(COCCCCCCCCCCCCCC)COC1OC(COC2OC(CO)C(O)C(O)C2O)C(O)C(O)C1O. The molecule has 0 amide bonds. The lowest BCUT2D eigenvalue weighted by Gasteiger charge is -2.42. The number of esters is 1. The van der Waals surface area contributed by atoms with E-state index in [1.165, 1.54) is 135 Å². The van der Waals surface area contributed by atoms with Crippen LogP contribution in [0.3, 0.4) is 0 Å². The van der Waals surface area contributed by atoms with Crippen molar-refractivity contribution >= 4 is 5.97 Å². The van der Waals surface area contributed by atoms with E-state index >= 15 is 0 Å². The van der Waals surface area contributed by atoms with E-state index < -0.39 is 80.7 Å². The lowest BCUT2D eigenvalue weighted by molar-refractivity contribution is -0.332. The van der Waals surface area contributed by atoms with Crippen molar-refractivity contribution in [1.29, 1.82) is 0 Å². The molecule has 2 heterocycles. The summed E-state index contributed by atoms with van der Waals surface area (Å²) in [5.74, 6) is -0.378. The van der Waals surface area contributed by atoms with Crippen LogP contribution in [-0.2, 0) is 33.2 Å². The monoisotopic (exact) mass is 1010 g/mol. The summed E-state index contributed by atoms with van der Waals surface area (Å²) in [7, 11) is 0. The number of carbonyl (C=O) groups excluding carboxylic acids is 1. The highest BCUT2D eigenvalue weighted by atomic mass is 16.7. The van der Waals surface area contributed by atoms with Crippen LogP contribution in [0.25, 0.3) is 0 Å². The van der Waals surface area contributed by atoms with Gasteiger partial charge in [0.1, 0.15) is 54.9 Å². The molecule has 14 heteroatoms. The third-order valence-electron chi connectivity index (χ3n) is 13.7. The van der Waals surface area contributed by atoms with E-state index in [2.05, 4.69) is 50.3 Å². The molecule has 2 aliphatic heterocycles. The van der Waals surface area contributed by atoms with E-state index in [9.17, 15) is 40.5 Å². The van der Waals surface area contributed by atoms with Gasteiger partial charge in [-0.15, -0.1) is 0 Å². The third-order valence-corrected chi connectivity index (χ3v) is 13.7. The first-order valence-corrected chi connectivity index (χ1v) is 28.6. The van der Waals surface area contributed by atoms with E-state index in [0.29, 0.717) is 13.0 Å². The minimum atomic E-state index is -1.71. The minimum Gasteiger partial charge on any atom is -0.457 e. The fourth-order valence-electron chi connectivity index (χ4n) is 9.00. The smallest absolute Gasteiger partial charge is 0.306 e. The highest BCUT2D eigenvalue weighted by molar-refractivity contribution is 5.69. The van der Waals surface area contributed by atoms with Crippen molar-refractivity contribution in [1.82, 2.24) is 0 Å². The van der Waals surface area contributed by atoms with Gasteiger partial charge >= 0.3 is 5.97 Å². The van der Waals surface area contributed by atoms with Crippen molar-refractivity contribution in [3.63, 3.8) is 0 Å². The summed E-state index contributed by atoms with van der Waals surface area (Å²) in [5.41, 5.74) is 0. The molecule has 0 saturated carbocycles. The van der Waals surface area contributed by atoms with Crippen molar-refractivity contribution in [2.75, 3.05) is 33.0 Å². The van der Waals surface area contributed by atoms with Gasteiger partial charge in [-0.05, 0) is 51.4 Å². The number of allylic oxidation sites excluding steroid dienone is 6. The summed E-state index contributed by atoms with van der Waals surface area (Å²) in [6.45, 7) is 3.69. The maximum absolute atomic E-state index is 13.1. The fourth-order valence-corrected chi connectivity index (χ4v) is 9.00. The Morgan fingerprint density at radius 1 is 0.465 bits per heavy atom. The molecule has 0 bridgehead atoms. The fraction of sp³-hybridized carbons (Fsp3) is 0.877.